The van der Waals surface area contributed by atoms with Crippen LogP contribution in [0.15, 0.2) is 39.5 Å². The van der Waals surface area contributed by atoms with Gasteiger partial charge in [-0.15, -0.1) is 0 Å². The highest BCUT2D eigenvalue weighted by atomic mass is 16.4. The topological polar surface area (TPSA) is 111 Å². The Kier molecular flexibility index (Phi) is 3.60. The molecule has 6 nitrogen and oxygen atoms in total. The number of fused-ring (bicyclic) bond motifs is 1. The lowest BCUT2D eigenvalue weighted by molar-refractivity contribution is 0.438. The molecule has 0 fully saturated rings. The Morgan fingerprint density at radius 3 is 2.33 bits per heavy atom. The normalized spacial score (nSPS) is 11.3. The van der Waals surface area contributed by atoms with Crippen LogP contribution in [0.3, 0.4) is 0 Å². The summed E-state index contributed by atoms with van der Waals surface area (Å²) in [6.45, 7) is 3.79. The predicted octanol–water partition coefficient (Wildman–Crippen LogP) is 3.41. The van der Waals surface area contributed by atoms with Crippen LogP contribution in [0.1, 0.15) is 25.3 Å². The van der Waals surface area contributed by atoms with E-state index in [1.807, 2.05) is 13.8 Å². The molecule has 0 saturated heterocycles. The summed E-state index contributed by atoms with van der Waals surface area (Å²) >= 11 is 0. The van der Waals surface area contributed by atoms with Crippen molar-refractivity contribution in [1.29, 1.82) is 0 Å². The summed E-state index contributed by atoms with van der Waals surface area (Å²) in [5.74, 6) is -1.37. The molecule has 3 rings (SSSR count). The highest BCUT2D eigenvalue weighted by Gasteiger charge is 2.19. The Balaban J connectivity index is 2.34. The summed E-state index contributed by atoms with van der Waals surface area (Å²) in [6, 6.07) is 6.76. The van der Waals surface area contributed by atoms with Gasteiger partial charge in [-0.2, -0.15) is 0 Å². The van der Waals surface area contributed by atoms with Crippen LogP contribution in [0, 0.1) is 0 Å². The largest absolute Gasteiger partial charge is 0.508 e. The first-order valence-electron chi connectivity index (χ1n) is 7.34. The van der Waals surface area contributed by atoms with E-state index in [0.717, 1.165) is 6.07 Å². The van der Waals surface area contributed by atoms with Gasteiger partial charge in [-0.3, -0.25) is 4.79 Å². The van der Waals surface area contributed by atoms with E-state index in [0.29, 0.717) is 11.1 Å². The van der Waals surface area contributed by atoms with Gasteiger partial charge < -0.3 is 24.8 Å². The lowest BCUT2D eigenvalue weighted by atomic mass is 9.98. The fraction of sp³-hybridized carbons (Fsp3) is 0.167. The van der Waals surface area contributed by atoms with Gasteiger partial charge in [0.1, 0.15) is 28.2 Å². The summed E-state index contributed by atoms with van der Waals surface area (Å²) in [5.41, 5.74) is 0.177. The maximum absolute atomic E-state index is 12.3. The van der Waals surface area contributed by atoms with Crippen LogP contribution in [0.2, 0.25) is 0 Å². The number of phenols is 3. The van der Waals surface area contributed by atoms with Crippen LogP contribution in [-0.4, -0.2) is 20.4 Å². The lowest BCUT2D eigenvalue weighted by Crippen LogP contribution is -2.03. The minimum atomic E-state index is -0.803. The molecule has 2 aromatic carbocycles. The summed E-state index contributed by atoms with van der Waals surface area (Å²) in [4.78, 5) is 12.3. The third kappa shape index (κ3) is 2.42. The number of aromatic hydroxyl groups is 4. The molecule has 3 aromatic rings. The molecule has 0 aliphatic carbocycles. The van der Waals surface area contributed by atoms with E-state index in [2.05, 4.69) is 0 Å². The van der Waals surface area contributed by atoms with E-state index in [9.17, 15) is 25.2 Å². The maximum Gasteiger partial charge on any atom is 0.238 e. The molecule has 0 aliphatic rings. The third-order valence-electron chi connectivity index (χ3n) is 3.85. The molecule has 0 amide bonds. The average Bonchev–Trinajstić information content (AvgIpc) is 2.50. The van der Waals surface area contributed by atoms with Crippen LogP contribution in [0.4, 0.5) is 0 Å². The molecule has 0 spiro atoms. The van der Waals surface area contributed by atoms with E-state index >= 15 is 0 Å². The highest BCUT2D eigenvalue weighted by Crippen LogP contribution is 2.37. The van der Waals surface area contributed by atoms with Crippen molar-refractivity contribution in [2.24, 2.45) is 0 Å². The average molecular weight is 328 g/mol. The van der Waals surface area contributed by atoms with Gasteiger partial charge in [-0.05, 0) is 29.7 Å². The highest BCUT2D eigenvalue weighted by molar-refractivity contribution is 5.88. The summed E-state index contributed by atoms with van der Waals surface area (Å²) in [5, 5.41) is 39.3. The molecular weight excluding hydrogens is 312 g/mol. The van der Waals surface area contributed by atoms with Crippen LogP contribution in [0.25, 0.3) is 22.3 Å². The van der Waals surface area contributed by atoms with Crippen LogP contribution < -0.4 is 5.43 Å². The molecule has 124 valence electrons. The van der Waals surface area contributed by atoms with Crippen molar-refractivity contribution < 1.29 is 24.8 Å². The molecular formula is C18H16O6. The number of rotatable bonds is 2. The fourth-order valence-corrected chi connectivity index (χ4v) is 2.63. The van der Waals surface area contributed by atoms with Crippen LogP contribution in [0.5, 0.6) is 23.0 Å². The SMILES string of the molecule is CC(C)c1cc(-c2oc3cc(O)cc(O)c3c(=O)c2O)ccc1O. The van der Waals surface area contributed by atoms with E-state index in [-0.39, 0.29) is 34.1 Å². The molecule has 1 aromatic heterocycles. The van der Waals surface area contributed by atoms with Crippen molar-refractivity contribution in [3.63, 3.8) is 0 Å². The zero-order valence-corrected chi connectivity index (χ0v) is 13.1. The Labute approximate surface area is 136 Å². The Morgan fingerprint density at radius 1 is 0.958 bits per heavy atom. The number of phenolic OH excluding ortho intramolecular Hbond substituents is 3. The Hall–Kier alpha value is -3.15. The summed E-state index contributed by atoms with van der Waals surface area (Å²) < 4.78 is 5.54. The molecule has 0 unspecified atom stereocenters. The van der Waals surface area contributed by atoms with Gasteiger partial charge in [-0.1, -0.05) is 13.8 Å². The predicted molar refractivity (Wildman–Crippen MR) is 88.7 cm³/mol. The van der Waals surface area contributed by atoms with Gasteiger partial charge in [0.25, 0.3) is 0 Å². The number of hydrogen-bond acceptors (Lipinski definition) is 6. The standard InChI is InChI=1S/C18H16O6/c1-8(2)11-5-9(3-4-12(11)20)18-17(23)16(22)15-13(21)6-10(19)7-14(15)24-18/h3-8,19-21,23H,1-2H3. The first-order valence-corrected chi connectivity index (χ1v) is 7.34. The Morgan fingerprint density at radius 2 is 1.67 bits per heavy atom. The molecule has 24 heavy (non-hydrogen) atoms. The van der Waals surface area contributed by atoms with Crippen molar-refractivity contribution in [3.05, 3.63) is 46.1 Å². The molecule has 0 bridgehead atoms. The van der Waals surface area contributed by atoms with Crippen molar-refractivity contribution in [1.82, 2.24) is 0 Å². The second-order valence-corrected chi connectivity index (χ2v) is 5.88. The van der Waals surface area contributed by atoms with E-state index in [4.69, 9.17) is 4.42 Å². The molecule has 1 heterocycles. The van der Waals surface area contributed by atoms with Gasteiger partial charge in [0.05, 0.1) is 0 Å². The van der Waals surface area contributed by atoms with Crippen molar-refractivity contribution in [3.8, 4) is 34.3 Å². The zero-order chi connectivity index (χ0) is 17.6. The van der Waals surface area contributed by atoms with Gasteiger partial charge in [0.2, 0.25) is 11.2 Å². The molecule has 6 heteroatoms. The smallest absolute Gasteiger partial charge is 0.238 e. The Bertz CT molecular complexity index is 1000. The van der Waals surface area contributed by atoms with E-state index in [1.165, 1.54) is 18.2 Å². The minimum absolute atomic E-state index is 0.0207. The maximum atomic E-state index is 12.3. The monoisotopic (exact) mass is 328 g/mol. The fourth-order valence-electron chi connectivity index (χ4n) is 2.63. The lowest BCUT2D eigenvalue weighted by Gasteiger charge is -2.12. The first-order chi connectivity index (χ1) is 11.3. The quantitative estimate of drug-likeness (QED) is 0.574. The summed E-state index contributed by atoms with van der Waals surface area (Å²) in [6.07, 6.45) is 0. The summed E-state index contributed by atoms with van der Waals surface area (Å²) in [7, 11) is 0. The third-order valence-corrected chi connectivity index (χ3v) is 3.85. The zero-order valence-electron chi connectivity index (χ0n) is 13.1. The van der Waals surface area contributed by atoms with Gasteiger partial charge in [0.15, 0.2) is 5.76 Å². The van der Waals surface area contributed by atoms with E-state index in [1.54, 1.807) is 6.07 Å². The van der Waals surface area contributed by atoms with Crippen LogP contribution >= 0.6 is 0 Å². The second-order valence-electron chi connectivity index (χ2n) is 5.88. The number of hydrogen-bond donors (Lipinski definition) is 4. The second kappa shape index (κ2) is 5.49. The van der Waals surface area contributed by atoms with Crippen molar-refractivity contribution >= 4 is 11.0 Å². The minimum Gasteiger partial charge on any atom is -0.508 e. The van der Waals surface area contributed by atoms with Crippen molar-refractivity contribution in [2.75, 3.05) is 0 Å². The molecule has 0 atom stereocenters. The van der Waals surface area contributed by atoms with Gasteiger partial charge in [0, 0.05) is 17.7 Å². The molecule has 0 aliphatic heterocycles. The van der Waals surface area contributed by atoms with E-state index < -0.39 is 16.9 Å². The first kappa shape index (κ1) is 15.7. The molecule has 0 saturated carbocycles. The molecule has 4 N–H and O–H groups in total. The molecule has 0 radical (unpaired) electrons. The van der Waals surface area contributed by atoms with Crippen molar-refractivity contribution in [2.45, 2.75) is 19.8 Å². The van der Waals surface area contributed by atoms with Gasteiger partial charge >= 0.3 is 0 Å². The van der Waals surface area contributed by atoms with Gasteiger partial charge in [-0.25, -0.2) is 0 Å². The van der Waals surface area contributed by atoms with Crippen LogP contribution in [-0.2, 0) is 0 Å². The number of benzene rings is 2.